The number of hydrogen-bond acceptors (Lipinski definition) is 7. The predicted molar refractivity (Wildman–Crippen MR) is 99.6 cm³/mol. The Kier molecular flexibility index (Phi) is 5.00. The Bertz CT molecular complexity index is 1030. The minimum atomic E-state index is -0.403. The van der Waals surface area contributed by atoms with E-state index in [1.807, 2.05) is 12.1 Å². The van der Waals surface area contributed by atoms with E-state index in [1.54, 1.807) is 22.8 Å². The quantitative estimate of drug-likeness (QED) is 0.477. The predicted octanol–water partition coefficient (Wildman–Crippen LogP) is 3.33. The molecule has 0 saturated heterocycles. The van der Waals surface area contributed by atoms with Gasteiger partial charge in [0.15, 0.2) is 10.9 Å². The molecule has 1 aliphatic heterocycles. The van der Waals surface area contributed by atoms with E-state index in [0.717, 1.165) is 5.56 Å². The van der Waals surface area contributed by atoms with E-state index in [0.29, 0.717) is 27.4 Å². The van der Waals surface area contributed by atoms with Crippen LogP contribution in [0.4, 0.5) is 0 Å². The van der Waals surface area contributed by atoms with Crippen LogP contribution < -0.4 is 5.56 Å². The minimum absolute atomic E-state index is 0.00455. The molecule has 2 aromatic heterocycles. The molecular weight excluding hydrogens is 390 g/mol. The maximum atomic E-state index is 12.2. The summed E-state index contributed by atoms with van der Waals surface area (Å²) in [4.78, 5) is 28.3. The SMILES string of the molecule is O=C(CC1CSc2nccc(=O)n21)OCc1cc(-c2ccc(Cl)cc2)on1. The van der Waals surface area contributed by atoms with Gasteiger partial charge < -0.3 is 9.26 Å². The number of rotatable bonds is 5. The van der Waals surface area contributed by atoms with E-state index in [4.69, 9.17) is 20.9 Å². The van der Waals surface area contributed by atoms with Crippen molar-refractivity contribution in [2.75, 3.05) is 5.75 Å². The van der Waals surface area contributed by atoms with Gasteiger partial charge in [-0.2, -0.15) is 0 Å². The monoisotopic (exact) mass is 403 g/mol. The van der Waals surface area contributed by atoms with Crippen molar-refractivity contribution >= 4 is 29.3 Å². The fourth-order valence-electron chi connectivity index (χ4n) is 2.78. The number of carbonyl (C=O) groups excluding carboxylic acids is 1. The van der Waals surface area contributed by atoms with Crippen LogP contribution in [0, 0.1) is 0 Å². The highest BCUT2D eigenvalue weighted by molar-refractivity contribution is 7.99. The lowest BCUT2D eigenvalue weighted by Gasteiger charge is -2.11. The van der Waals surface area contributed by atoms with E-state index in [9.17, 15) is 9.59 Å². The molecule has 0 spiro atoms. The number of esters is 1. The van der Waals surface area contributed by atoms with Gasteiger partial charge in [-0.1, -0.05) is 28.5 Å². The van der Waals surface area contributed by atoms with Crippen LogP contribution in [0.1, 0.15) is 18.2 Å². The molecule has 0 bridgehead atoms. The number of hydrogen-bond donors (Lipinski definition) is 0. The van der Waals surface area contributed by atoms with E-state index >= 15 is 0 Å². The lowest BCUT2D eigenvalue weighted by atomic mass is 10.2. The molecule has 1 atom stereocenters. The fraction of sp³-hybridized carbons (Fsp3) is 0.222. The van der Waals surface area contributed by atoms with Crippen molar-refractivity contribution in [2.24, 2.45) is 0 Å². The first kappa shape index (κ1) is 17.8. The van der Waals surface area contributed by atoms with Crippen LogP contribution in [-0.4, -0.2) is 26.4 Å². The normalized spacial score (nSPS) is 15.5. The van der Waals surface area contributed by atoms with Gasteiger partial charge in [0.05, 0.1) is 12.5 Å². The zero-order valence-electron chi connectivity index (χ0n) is 14.0. The van der Waals surface area contributed by atoms with Crippen molar-refractivity contribution in [3.63, 3.8) is 0 Å². The van der Waals surface area contributed by atoms with Crippen molar-refractivity contribution in [1.29, 1.82) is 0 Å². The number of fused-ring (bicyclic) bond motifs is 1. The van der Waals surface area contributed by atoms with Gasteiger partial charge in [-0.3, -0.25) is 14.2 Å². The Morgan fingerprint density at radius 1 is 1.33 bits per heavy atom. The van der Waals surface area contributed by atoms with Crippen LogP contribution in [0.2, 0.25) is 5.02 Å². The van der Waals surface area contributed by atoms with Crippen molar-refractivity contribution < 1.29 is 14.1 Å². The number of thioether (sulfide) groups is 1. The molecule has 3 aromatic rings. The summed E-state index contributed by atoms with van der Waals surface area (Å²) in [6, 6.07) is 10.0. The maximum Gasteiger partial charge on any atom is 0.308 e. The summed E-state index contributed by atoms with van der Waals surface area (Å²) >= 11 is 7.33. The molecule has 1 unspecified atom stereocenters. The number of halogens is 1. The summed E-state index contributed by atoms with van der Waals surface area (Å²) in [6.07, 6.45) is 1.58. The van der Waals surface area contributed by atoms with E-state index in [-0.39, 0.29) is 24.6 Å². The van der Waals surface area contributed by atoms with Crippen LogP contribution in [0.3, 0.4) is 0 Å². The zero-order chi connectivity index (χ0) is 18.8. The molecule has 138 valence electrons. The molecule has 0 amide bonds. The Morgan fingerprint density at radius 2 is 2.15 bits per heavy atom. The van der Waals surface area contributed by atoms with Gasteiger partial charge in [0.2, 0.25) is 0 Å². The molecule has 27 heavy (non-hydrogen) atoms. The molecule has 1 aliphatic rings. The molecule has 0 radical (unpaired) electrons. The average Bonchev–Trinajstić information content (AvgIpc) is 3.29. The number of aromatic nitrogens is 3. The number of ether oxygens (including phenoxy) is 1. The smallest absolute Gasteiger partial charge is 0.308 e. The van der Waals surface area contributed by atoms with E-state index < -0.39 is 5.97 Å². The molecular formula is C18H14ClN3O4S. The Hall–Kier alpha value is -2.58. The summed E-state index contributed by atoms with van der Waals surface area (Å²) in [5, 5.41) is 5.18. The summed E-state index contributed by atoms with van der Waals surface area (Å²) in [5.74, 6) is 0.781. The third-order valence-corrected chi connectivity index (χ3v) is 5.45. The number of nitrogens with zero attached hydrogens (tertiary/aromatic N) is 3. The summed E-state index contributed by atoms with van der Waals surface area (Å²) in [5.41, 5.74) is 1.18. The third-order valence-electron chi connectivity index (χ3n) is 4.09. The molecule has 9 heteroatoms. The first-order valence-corrected chi connectivity index (χ1v) is 9.54. The molecule has 0 aliphatic carbocycles. The second kappa shape index (κ2) is 7.58. The molecule has 4 rings (SSSR count). The van der Waals surface area contributed by atoms with Crippen molar-refractivity contribution in [3.05, 3.63) is 63.7 Å². The lowest BCUT2D eigenvalue weighted by Crippen LogP contribution is -2.25. The number of carbonyl (C=O) groups is 1. The largest absolute Gasteiger partial charge is 0.459 e. The summed E-state index contributed by atoms with van der Waals surface area (Å²) in [6.45, 7) is 0.00455. The van der Waals surface area contributed by atoms with Crippen molar-refractivity contribution in [1.82, 2.24) is 14.7 Å². The minimum Gasteiger partial charge on any atom is -0.459 e. The van der Waals surface area contributed by atoms with Gasteiger partial charge in [-0.05, 0) is 24.3 Å². The van der Waals surface area contributed by atoms with Gasteiger partial charge in [0, 0.05) is 34.7 Å². The highest BCUT2D eigenvalue weighted by atomic mass is 35.5. The van der Waals surface area contributed by atoms with Gasteiger partial charge in [-0.25, -0.2) is 4.98 Å². The van der Waals surface area contributed by atoms with Gasteiger partial charge in [0.1, 0.15) is 12.3 Å². The van der Waals surface area contributed by atoms with Crippen LogP contribution in [0.5, 0.6) is 0 Å². The Morgan fingerprint density at radius 3 is 2.96 bits per heavy atom. The van der Waals surface area contributed by atoms with Gasteiger partial charge in [-0.15, -0.1) is 0 Å². The first-order valence-electron chi connectivity index (χ1n) is 8.17. The summed E-state index contributed by atoms with van der Waals surface area (Å²) in [7, 11) is 0. The molecule has 1 aromatic carbocycles. The first-order chi connectivity index (χ1) is 13.1. The molecule has 3 heterocycles. The van der Waals surface area contributed by atoms with Gasteiger partial charge in [0.25, 0.3) is 5.56 Å². The third kappa shape index (κ3) is 3.91. The van der Waals surface area contributed by atoms with Crippen molar-refractivity contribution in [2.45, 2.75) is 24.2 Å². The highest BCUT2D eigenvalue weighted by Gasteiger charge is 2.27. The van der Waals surface area contributed by atoms with Gasteiger partial charge >= 0.3 is 5.97 Å². The standard InChI is InChI=1S/C18H14ClN3O4S/c19-12-3-1-11(2-4-12)15-7-13(21-26-15)9-25-17(24)8-14-10-27-18-20-6-5-16(23)22(14)18/h1-7,14H,8-10H2. The van der Waals surface area contributed by atoms with Crippen LogP contribution in [0.15, 0.2) is 57.1 Å². The topological polar surface area (TPSA) is 87.2 Å². The van der Waals surface area contributed by atoms with E-state index in [2.05, 4.69) is 10.1 Å². The van der Waals surface area contributed by atoms with E-state index in [1.165, 1.54) is 24.0 Å². The summed E-state index contributed by atoms with van der Waals surface area (Å²) < 4.78 is 12.1. The second-order valence-corrected chi connectivity index (χ2v) is 7.38. The fourth-order valence-corrected chi connectivity index (χ4v) is 4.02. The lowest BCUT2D eigenvalue weighted by molar-refractivity contribution is -0.145. The molecule has 7 nitrogen and oxygen atoms in total. The Labute approximate surface area is 163 Å². The zero-order valence-corrected chi connectivity index (χ0v) is 15.6. The van der Waals surface area contributed by atoms with Crippen LogP contribution in [0.25, 0.3) is 11.3 Å². The number of benzene rings is 1. The maximum absolute atomic E-state index is 12.2. The van der Waals surface area contributed by atoms with Crippen LogP contribution >= 0.6 is 23.4 Å². The molecule has 0 N–H and O–H groups in total. The Balaban J connectivity index is 1.36. The second-order valence-electron chi connectivity index (χ2n) is 5.95. The average molecular weight is 404 g/mol. The van der Waals surface area contributed by atoms with Crippen LogP contribution in [-0.2, 0) is 16.1 Å². The highest BCUT2D eigenvalue weighted by Crippen LogP contribution is 2.31. The van der Waals surface area contributed by atoms with Crippen molar-refractivity contribution in [3.8, 4) is 11.3 Å². The molecule has 0 fully saturated rings. The molecule has 0 saturated carbocycles.